The average Bonchev–Trinajstić information content (AvgIpc) is 3.91. The van der Waals surface area contributed by atoms with Crippen molar-refractivity contribution in [3.63, 3.8) is 0 Å². The minimum atomic E-state index is -5.55. The maximum atomic E-state index is 13.3. The number of hydrogen-bond acceptors (Lipinski definition) is 21. The zero-order valence-electron chi connectivity index (χ0n) is 30.3. The number of benzene rings is 1. The number of nitrogen functional groups attached to an aromatic ring is 1. The second-order valence-corrected chi connectivity index (χ2v) is 19.1. The molecule has 0 spiro atoms. The molecule has 0 aliphatic carbocycles. The summed E-state index contributed by atoms with van der Waals surface area (Å²) in [6.07, 6.45) is -9.85. The number of imidazole rings is 1. The summed E-state index contributed by atoms with van der Waals surface area (Å²) >= 11 is 3.21. The van der Waals surface area contributed by atoms with Gasteiger partial charge in [0.2, 0.25) is 0 Å². The molecule has 3 aliphatic heterocycles. The normalized spacial score (nSPS) is 24.6. The van der Waals surface area contributed by atoms with E-state index in [1.165, 1.54) is 15.8 Å². The molecule has 0 radical (unpaired) electrons. The molecule has 316 valence electrons. The van der Waals surface area contributed by atoms with Gasteiger partial charge in [-0.25, -0.2) is 28.9 Å². The molecule has 28 heteroatoms. The van der Waals surface area contributed by atoms with Crippen molar-refractivity contribution in [2.75, 3.05) is 46.8 Å². The van der Waals surface area contributed by atoms with E-state index in [1.807, 2.05) is 19.9 Å². The first kappa shape index (κ1) is 42.7. The minimum Gasteiger partial charge on any atom is -0.388 e. The van der Waals surface area contributed by atoms with Crippen LogP contribution in [0, 0.1) is 13.8 Å². The molecule has 6 heterocycles. The first-order valence-corrected chi connectivity index (χ1v) is 22.4. The highest BCUT2D eigenvalue weighted by Gasteiger charge is 2.47. The monoisotopic (exact) mass is 891 g/mol. The van der Waals surface area contributed by atoms with Gasteiger partial charge in [0, 0.05) is 11.5 Å². The van der Waals surface area contributed by atoms with Gasteiger partial charge in [0.05, 0.1) is 37.5 Å². The Bertz CT molecular complexity index is 2400. The van der Waals surface area contributed by atoms with Gasteiger partial charge in [-0.15, -0.1) is 23.5 Å². The summed E-state index contributed by atoms with van der Waals surface area (Å²) in [6.45, 7) is 1.04. The van der Waals surface area contributed by atoms with E-state index in [4.69, 9.17) is 15.0 Å². The molecule has 2 unspecified atom stereocenters. The molecule has 3 aliphatic rings. The van der Waals surface area contributed by atoms with Crippen LogP contribution in [-0.2, 0) is 27.2 Å². The lowest BCUT2D eigenvalue weighted by Gasteiger charge is -2.42. The molecule has 2 saturated heterocycles. The second-order valence-electron chi connectivity index (χ2n) is 13.4. The number of nitrogens with two attached hydrogens (primary N) is 1. The third-order valence-corrected chi connectivity index (χ3v) is 15.1. The number of thioether (sulfide) groups is 2. The summed E-state index contributed by atoms with van der Waals surface area (Å²) in [7, 11) is -11.0. The fourth-order valence-electron chi connectivity index (χ4n) is 6.54. The van der Waals surface area contributed by atoms with Crippen LogP contribution in [0.2, 0.25) is 0 Å². The maximum Gasteiger partial charge on any atom is 0.481 e. The molecular formula is C30H39N9O15P2S2. The first-order valence-electron chi connectivity index (χ1n) is 17.3. The van der Waals surface area contributed by atoms with Crippen LogP contribution in [0.25, 0.3) is 11.2 Å². The van der Waals surface area contributed by atoms with Gasteiger partial charge in [-0.05, 0) is 37.1 Å². The fourth-order valence-corrected chi connectivity index (χ4v) is 11.5. The second kappa shape index (κ2) is 16.6. The van der Waals surface area contributed by atoms with Crippen LogP contribution in [0.15, 0.2) is 34.4 Å². The number of anilines is 5. The van der Waals surface area contributed by atoms with Gasteiger partial charge < -0.3 is 55.6 Å². The van der Waals surface area contributed by atoms with E-state index in [9.17, 15) is 54.0 Å². The summed E-state index contributed by atoms with van der Waals surface area (Å²) in [5, 5.41) is 53.9. The van der Waals surface area contributed by atoms with Gasteiger partial charge in [0.15, 0.2) is 23.4 Å². The number of nitrogens with one attached hydrogen (secondary N) is 2. The molecule has 58 heavy (non-hydrogen) atoms. The van der Waals surface area contributed by atoms with E-state index in [2.05, 4.69) is 33.8 Å². The zero-order chi connectivity index (χ0) is 41.8. The molecule has 9 atom stereocenters. The Kier molecular flexibility index (Phi) is 12.2. The summed E-state index contributed by atoms with van der Waals surface area (Å²) in [6, 6.07) is 3.64. The first-order chi connectivity index (χ1) is 27.4. The summed E-state index contributed by atoms with van der Waals surface area (Å²) in [4.78, 5) is 66.2. The lowest BCUT2D eigenvalue weighted by Crippen LogP contribution is -2.48. The van der Waals surface area contributed by atoms with E-state index >= 15 is 0 Å². The number of aliphatic hydroxyl groups is 5. The van der Waals surface area contributed by atoms with Gasteiger partial charge in [0.25, 0.3) is 5.56 Å². The van der Waals surface area contributed by atoms with E-state index in [-0.39, 0.29) is 33.2 Å². The number of rotatable bonds is 14. The van der Waals surface area contributed by atoms with Crippen LogP contribution in [0.3, 0.4) is 0 Å². The topological polar surface area (TPSA) is 354 Å². The van der Waals surface area contributed by atoms with Gasteiger partial charge in [-0.3, -0.25) is 28.4 Å². The lowest BCUT2D eigenvalue weighted by molar-refractivity contribution is -0.0719. The van der Waals surface area contributed by atoms with Crippen LogP contribution < -0.4 is 26.8 Å². The van der Waals surface area contributed by atoms with Gasteiger partial charge in [-0.1, -0.05) is 0 Å². The number of aliphatic hydroxyl groups excluding tert-OH is 5. The molecule has 0 saturated carbocycles. The number of aromatic amines is 2. The molecule has 11 N–H and O–H groups in total. The van der Waals surface area contributed by atoms with Crippen LogP contribution in [0.1, 0.15) is 17.4 Å². The Balaban J connectivity index is 0.984. The lowest BCUT2D eigenvalue weighted by atomic mass is 10.0. The number of ether oxygens (including phenoxy) is 1. The Labute approximate surface area is 335 Å². The number of fused-ring (bicyclic) bond motifs is 3. The van der Waals surface area contributed by atoms with Crippen molar-refractivity contribution >= 4 is 79.0 Å². The zero-order valence-corrected chi connectivity index (χ0v) is 33.8. The SMILES string of the molecule is Cc1cc2c(cc1C)N(C1SCCS1)c1c([nH]c(=O)[nH]c1=O)N2C[C@H](O)[C@H](O)[C@H](O)COP(=O)(O)OP(=O)(O)OC[C@H]1O[C@@H](n2cnc3c(N)ncnc32)[C@H](O)[C@@H]1O. The smallest absolute Gasteiger partial charge is 0.388 e. The van der Waals surface area contributed by atoms with Gasteiger partial charge in [-0.2, -0.15) is 4.31 Å². The van der Waals surface area contributed by atoms with Crippen molar-refractivity contribution in [3.05, 3.63) is 56.8 Å². The minimum absolute atomic E-state index is 0.0112. The van der Waals surface area contributed by atoms with Crippen LogP contribution in [0.5, 0.6) is 0 Å². The Morgan fingerprint density at radius 3 is 2.34 bits per heavy atom. The number of aryl methyl sites for hydroxylation is 2. The Morgan fingerprint density at radius 1 is 0.966 bits per heavy atom. The average molecular weight is 892 g/mol. The Hall–Kier alpha value is -3.43. The van der Waals surface area contributed by atoms with Crippen molar-refractivity contribution in [3.8, 4) is 0 Å². The molecular weight excluding hydrogens is 852 g/mol. The van der Waals surface area contributed by atoms with Crippen molar-refractivity contribution < 1.29 is 62.5 Å². The molecule has 3 aromatic heterocycles. The van der Waals surface area contributed by atoms with E-state index in [0.29, 0.717) is 11.4 Å². The molecule has 4 aromatic rings. The third-order valence-electron chi connectivity index (χ3n) is 9.54. The number of phosphoric ester groups is 2. The van der Waals surface area contributed by atoms with Crippen molar-refractivity contribution in [2.24, 2.45) is 0 Å². The quantitative estimate of drug-likeness (QED) is 0.0707. The van der Waals surface area contributed by atoms with Crippen LogP contribution in [0.4, 0.5) is 28.7 Å². The number of β-amino-alcohol motifs (C(OH)–C–C–N with tert-alkyl or cyclic N) is 1. The van der Waals surface area contributed by atoms with Crippen molar-refractivity contribution in [2.45, 2.75) is 61.4 Å². The highest BCUT2D eigenvalue weighted by Crippen LogP contribution is 2.61. The number of nitrogens with zero attached hydrogens (tertiary/aromatic N) is 6. The summed E-state index contributed by atoms with van der Waals surface area (Å²) < 4.78 is 45.6. The van der Waals surface area contributed by atoms with E-state index < -0.39 is 89.5 Å². The molecule has 0 amide bonds. The van der Waals surface area contributed by atoms with Crippen LogP contribution >= 0.6 is 39.2 Å². The predicted octanol–water partition coefficient (Wildman–Crippen LogP) is -0.592. The molecule has 2 fully saturated rings. The highest BCUT2D eigenvalue weighted by atomic mass is 32.2. The van der Waals surface area contributed by atoms with Crippen molar-refractivity contribution in [1.29, 1.82) is 0 Å². The third kappa shape index (κ3) is 8.46. The number of phosphoric acid groups is 2. The number of H-pyrrole nitrogens is 2. The van der Waals surface area contributed by atoms with Gasteiger partial charge >= 0.3 is 21.3 Å². The fraction of sp³-hybridized carbons (Fsp3) is 0.500. The number of aromatic nitrogens is 6. The maximum absolute atomic E-state index is 13.3. The molecule has 7 rings (SSSR count). The Morgan fingerprint density at radius 2 is 1.64 bits per heavy atom. The summed E-state index contributed by atoms with van der Waals surface area (Å²) in [5.74, 6) is 1.68. The molecule has 0 bridgehead atoms. The predicted molar refractivity (Wildman–Crippen MR) is 208 cm³/mol. The largest absolute Gasteiger partial charge is 0.481 e. The highest BCUT2D eigenvalue weighted by molar-refractivity contribution is 8.20. The molecule has 24 nitrogen and oxygen atoms in total. The number of hydrogen-bond donors (Lipinski definition) is 10. The standard InChI is InChI=1S/C30H39N9O15P2S2/c1-12-5-14-15(6-13(12)2)39(30-57-3-4-58-30)20-26(35-29(46)36-27(20)45)37(14)7-16(40)21(42)17(41)8-51-55(47,48)54-56(49,50)52-9-18-22(43)23(44)28(53-18)38-11-34-19-24(31)32-10-33-25(19)38/h5-6,10-11,16-18,21-23,28,30,40-44H,3-4,7-9H2,1-2H3,(H,47,48)(H,49,50)(H2,31,32,33)(H2,35,36,45,46)/t16-,17+,18+,21-,22+,23+,28+/m0/s1. The van der Waals surface area contributed by atoms with Crippen molar-refractivity contribution in [1.82, 2.24) is 29.5 Å². The van der Waals surface area contributed by atoms with Gasteiger partial charge in [0.1, 0.15) is 59.0 Å². The van der Waals surface area contributed by atoms with E-state index in [0.717, 1.165) is 29.0 Å². The van der Waals surface area contributed by atoms with E-state index in [1.54, 1.807) is 34.5 Å². The van der Waals surface area contributed by atoms with Crippen LogP contribution in [-0.4, -0.2) is 137 Å². The summed E-state index contributed by atoms with van der Waals surface area (Å²) in [5.41, 5.74) is 7.41. The molecule has 1 aromatic carbocycles.